The van der Waals surface area contributed by atoms with Crippen molar-refractivity contribution in [2.75, 3.05) is 52.9 Å². The summed E-state index contributed by atoms with van der Waals surface area (Å²) in [6.07, 6.45) is 1.56. The summed E-state index contributed by atoms with van der Waals surface area (Å²) in [5.41, 5.74) is 2.27. The molecule has 1 N–H and O–H groups in total. The smallest absolute Gasteiger partial charge is 0.264 e. The van der Waals surface area contributed by atoms with Crippen molar-refractivity contribution in [3.8, 4) is 5.75 Å². The predicted molar refractivity (Wildman–Crippen MR) is 131 cm³/mol. The highest BCUT2D eigenvalue weighted by Crippen LogP contribution is 2.19. The summed E-state index contributed by atoms with van der Waals surface area (Å²) in [6, 6.07) is 10.5. The van der Waals surface area contributed by atoms with Gasteiger partial charge in [0.05, 0.1) is 4.88 Å². The molecule has 178 valence electrons. The van der Waals surface area contributed by atoms with E-state index in [1.807, 2.05) is 35.4 Å². The Morgan fingerprint density at radius 1 is 1.24 bits per heavy atom. The summed E-state index contributed by atoms with van der Waals surface area (Å²) < 4.78 is 6.03. The first kappa shape index (κ1) is 23.7. The monoisotopic (exact) mass is 470 g/mol. The van der Waals surface area contributed by atoms with Crippen molar-refractivity contribution in [1.29, 1.82) is 0 Å². The zero-order chi connectivity index (χ0) is 23.2. The lowest BCUT2D eigenvalue weighted by molar-refractivity contribution is -0.119. The Balaban J connectivity index is 1.17. The fourth-order valence-electron chi connectivity index (χ4n) is 4.50. The minimum absolute atomic E-state index is 0.161. The number of aryl methyl sites for hydroxylation is 1. The van der Waals surface area contributed by atoms with Crippen LogP contribution in [-0.2, 0) is 11.3 Å². The molecule has 7 nitrogen and oxygen atoms in total. The molecule has 1 aromatic heterocycles. The maximum absolute atomic E-state index is 12.7. The molecule has 0 saturated carbocycles. The standard InChI is InChI=1S/C25H34N4O3S/c1-19-8-15-33-24(19)25(31)29-11-9-28(10-12-29)13-14-32-22-5-3-4-20(16-22)17-27(2)18-21-6-7-23(30)26-21/h3-5,8,15-16,21H,6-7,9-14,17-18H2,1-2H3,(H,26,30)/t21-/m1/s1. The molecule has 2 aliphatic heterocycles. The first-order valence-electron chi connectivity index (χ1n) is 11.7. The zero-order valence-corrected chi connectivity index (χ0v) is 20.4. The molecule has 2 saturated heterocycles. The summed E-state index contributed by atoms with van der Waals surface area (Å²) in [4.78, 5) is 31.5. The maximum Gasteiger partial charge on any atom is 0.264 e. The van der Waals surface area contributed by atoms with Crippen LogP contribution in [-0.4, -0.2) is 85.5 Å². The molecule has 2 amide bonds. The molecule has 8 heteroatoms. The molecule has 2 aliphatic rings. The van der Waals surface area contributed by atoms with Crippen molar-refractivity contribution in [3.63, 3.8) is 0 Å². The number of amides is 2. The zero-order valence-electron chi connectivity index (χ0n) is 19.6. The number of hydrogen-bond acceptors (Lipinski definition) is 6. The molecule has 0 unspecified atom stereocenters. The van der Waals surface area contributed by atoms with Gasteiger partial charge >= 0.3 is 0 Å². The summed E-state index contributed by atoms with van der Waals surface area (Å²) in [7, 11) is 2.09. The lowest BCUT2D eigenvalue weighted by atomic mass is 10.1. The number of piperazine rings is 1. The van der Waals surface area contributed by atoms with Crippen molar-refractivity contribution >= 4 is 23.2 Å². The minimum Gasteiger partial charge on any atom is -0.492 e. The van der Waals surface area contributed by atoms with Crippen LogP contribution in [0.2, 0.25) is 0 Å². The van der Waals surface area contributed by atoms with Gasteiger partial charge in [-0.2, -0.15) is 0 Å². The van der Waals surface area contributed by atoms with E-state index in [0.29, 0.717) is 13.0 Å². The van der Waals surface area contributed by atoms with Gasteiger partial charge in [-0.1, -0.05) is 12.1 Å². The Morgan fingerprint density at radius 3 is 2.76 bits per heavy atom. The lowest BCUT2D eigenvalue weighted by Crippen LogP contribution is -2.49. The first-order chi connectivity index (χ1) is 16.0. The van der Waals surface area contributed by atoms with E-state index in [4.69, 9.17) is 4.74 Å². The second kappa shape index (κ2) is 11.1. The highest BCUT2D eigenvalue weighted by atomic mass is 32.1. The molecule has 0 aliphatic carbocycles. The van der Waals surface area contributed by atoms with Crippen molar-refractivity contribution in [2.24, 2.45) is 0 Å². The molecule has 1 aromatic carbocycles. The summed E-state index contributed by atoms with van der Waals surface area (Å²) in [5, 5.41) is 5.01. The molecular weight excluding hydrogens is 436 g/mol. The molecule has 1 atom stereocenters. The third kappa shape index (κ3) is 6.56. The van der Waals surface area contributed by atoms with E-state index >= 15 is 0 Å². The first-order valence-corrected chi connectivity index (χ1v) is 12.6. The van der Waals surface area contributed by atoms with Crippen LogP contribution < -0.4 is 10.1 Å². The topological polar surface area (TPSA) is 65.1 Å². The highest BCUT2D eigenvalue weighted by Gasteiger charge is 2.24. The van der Waals surface area contributed by atoms with Crippen LogP contribution in [0.25, 0.3) is 0 Å². The van der Waals surface area contributed by atoms with E-state index < -0.39 is 0 Å². The van der Waals surface area contributed by atoms with E-state index in [1.54, 1.807) is 0 Å². The van der Waals surface area contributed by atoms with Crippen LogP contribution in [0.5, 0.6) is 5.75 Å². The number of rotatable bonds is 9. The predicted octanol–water partition coefficient (Wildman–Crippen LogP) is 2.60. The Labute approximate surface area is 200 Å². The van der Waals surface area contributed by atoms with Gasteiger partial charge in [0.15, 0.2) is 0 Å². The van der Waals surface area contributed by atoms with Gasteiger partial charge in [-0.05, 0) is 55.1 Å². The maximum atomic E-state index is 12.7. The number of carbonyl (C=O) groups is 2. The van der Waals surface area contributed by atoms with Crippen LogP contribution >= 0.6 is 11.3 Å². The van der Waals surface area contributed by atoms with E-state index in [9.17, 15) is 9.59 Å². The molecule has 0 spiro atoms. The lowest BCUT2D eigenvalue weighted by Gasteiger charge is -2.34. The number of nitrogens with one attached hydrogen (secondary N) is 1. The third-order valence-electron chi connectivity index (χ3n) is 6.36. The van der Waals surface area contributed by atoms with Gasteiger partial charge in [0, 0.05) is 58.3 Å². The van der Waals surface area contributed by atoms with Crippen molar-refractivity contribution < 1.29 is 14.3 Å². The SMILES string of the molecule is Cc1ccsc1C(=O)N1CCN(CCOc2cccc(CN(C)C[C@H]3CCC(=O)N3)c2)CC1. The van der Waals surface area contributed by atoms with E-state index in [-0.39, 0.29) is 17.9 Å². The average Bonchev–Trinajstić information content (AvgIpc) is 3.41. The van der Waals surface area contributed by atoms with Crippen LogP contribution in [0.4, 0.5) is 0 Å². The molecule has 0 bridgehead atoms. The van der Waals surface area contributed by atoms with Gasteiger partial charge in [0.1, 0.15) is 12.4 Å². The molecule has 3 heterocycles. The van der Waals surface area contributed by atoms with E-state index in [0.717, 1.165) is 68.4 Å². The quantitative estimate of drug-likeness (QED) is 0.610. The van der Waals surface area contributed by atoms with Gasteiger partial charge in [-0.25, -0.2) is 0 Å². The van der Waals surface area contributed by atoms with Crippen LogP contribution in [0, 0.1) is 6.92 Å². The Bertz CT molecular complexity index is 955. The van der Waals surface area contributed by atoms with Crippen molar-refractivity contribution in [3.05, 3.63) is 51.7 Å². The molecule has 33 heavy (non-hydrogen) atoms. The van der Waals surface area contributed by atoms with Crippen LogP contribution in [0.3, 0.4) is 0 Å². The molecule has 2 aromatic rings. The van der Waals surface area contributed by atoms with Crippen molar-refractivity contribution in [2.45, 2.75) is 32.4 Å². The van der Waals surface area contributed by atoms with Gasteiger partial charge in [-0.15, -0.1) is 11.3 Å². The van der Waals surface area contributed by atoms with Gasteiger partial charge in [-0.3, -0.25) is 14.5 Å². The third-order valence-corrected chi connectivity index (χ3v) is 7.36. The van der Waals surface area contributed by atoms with Crippen molar-refractivity contribution in [1.82, 2.24) is 20.0 Å². The number of likely N-dealkylation sites (N-methyl/N-ethyl adjacent to an activating group) is 1. The van der Waals surface area contributed by atoms with E-state index in [1.165, 1.54) is 16.9 Å². The number of hydrogen-bond donors (Lipinski definition) is 1. The average molecular weight is 471 g/mol. The minimum atomic E-state index is 0.161. The van der Waals surface area contributed by atoms with Gasteiger partial charge in [0.25, 0.3) is 5.91 Å². The summed E-state index contributed by atoms with van der Waals surface area (Å²) >= 11 is 1.53. The molecule has 4 rings (SSSR count). The Hall–Kier alpha value is -2.42. The number of benzene rings is 1. The van der Waals surface area contributed by atoms with E-state index in [2.05, 4.69) is 34.3 Å². The fraction of sp³-hybridized carbons (Fsp3) is 0.520. The fourth-order valence-corrected chi connectivity index (χ4v) is 5.40. The number of nitrogens with zero attached hydrogens (tertiary/aromatic N) is 3. The Morgan fingerprint density at radius 2 is 2.06 bits per heavy atom. The van der Waals surface area contributed by atoms with Crippen LogP contribution in [0.1, 0.15) is 33.6 Å². The number of thiophene rings is 1. The highest BCUT2D eigenvalue weighted by molar-refractivity contribution is 7.12. The van der Waals surface area contributed by atoms with Crippen LogP contribution in [0.15, 0.2) is 35.7 Å². The number of ether oxygens (including phenoxy) is 1. The Kier molecular flexibility index (Phi) is 8.01. The normalized spacial score (nSPS) is 19.2. The van der Waals surface area contributed by atoms with Gasteiger partial charge < -0.3 is 19.9 Å². The molecule has 2 fully saturated rings. The second-order valence-electron chi connectivity index (χ2n) is 9.06. The van der Waals surface area contributed by atoms with Gasteiger partial charge in [0.2, 0.25) is 5.91 Å². The largest absolute Gasteiger partial charge is 0.492 e. The molecule has 0 radical (unpaired) electrons. The summed E-state index contributed by atoms with van der Waals surface area (Å²) in [6.45, 7) is 8.44. The second-order valence-corrected chi connectivity index (χ2v) is 9.98. The summed E-state index contributed by atoms with van der Waals surface area (Å²) in [5.74, 6) is 1.21. The molecular formula is C25H34N4O3S. The number of carbonyl (C=O) groups excluding carboxylic acids is 2.